The molecule has 1 rings (SSSR count). The summed E-state index contributed by atoms with van der Waals surface area (Å²) in [5.74, 6) is -0.853. The summed E-state index contributed by atoms with van der Waals surface area (Å²) in [7, 11) is 0. The minimum absolute atomic E-state index is 0.0218. The lowest BCUT2D eigenvalue weighted by Crippen LogP contribution is -2.34. The molecule has 1 aromatic rings. The highest BCUT2D eigenvalue weighted by atomic mass is 32.1. The van der Waals surface area contributed by atoms with Crippen molar-refractivity contribution in [3.05, 3.63) is 34.4 Å². The number of thiocarbonyl (C=S) groups is 1. The van der Waals surface area contributed by atoms with Crippen LogP contribution < -0.4 is 10.6 Å². The van der Waals surface area contributed by atoms with E-state index in [9.17, 15) is 19.7 Å². The fourth-order valence-electron chi connectivity index (χ4n) is 1.52. The number of ether oxygens (including phenoxy) is 1. The number of carbonyl (C=O) groups is 2. The molecule has 124 valence electrons. The molecule has 0 aliphatic carbocycles. The number of carbonyl (C=O) groups excluding carboxylic acids is 2. The molecule has 0 atom stereocenters. The van der Waals surface area contributed by atoms with Gasteiger partial charge in [-0.15, -0.1) is 0 Å². The van der Waals surface area contributed by atoms with Crippen molar-refractivity contribution in [1.29, 1.82) is 0 Å². The van der Waals surface area contributed by atoms with Crippen molar-refractivity contribution in [2.24, 2.45) is 0 Å². The average Bonchev–Trinajstić information content (AvgIpc) is 2.51. The quantitative estimate of drug-likeness (QED) is 0.339. The van der Waals surface area contributed by atoms with Crippen molar-refractivity contribution in [2.45, 2.75) is 26.2 Å². The van der Waals surface area contributed by atoms with Crippen LogP contribution in [0.2, 0.25) is 0 Å². The molecule has 0 saturated heterocycles. The van der Waals surface area contributed by atoms with Crippen molar-refractivity contribution in [3.8, 4) is 0 Å². The third-order valence-electron chi connectivity index (χ3n) is 2.61. The lowest BCUT2D eigenvalue weighted by Gasteiger charge is -2.09. The molecule has 2 N–H and O–H groups in total. The van der Waals surface area contributed by atoms with Crippen LogP contribution in [0.5, 0.6) is 0 Å². The van der Waals surface area contributed by atoms with Gasteiger partial charge in [0.2, 0.25) is 5.91 Å². The van der Waals surface area contributed by atoms with E-state index in [2.05, 4.69) is 10.6 Å². The van der Waals surface area contributed by atoms with Crippen LogP contribution in [0.25, 0.3) is 0 Å². The van der Waals surface area contributed by atoms with Gasteiger partial charge in [-0.05, 0) is 30.8 Å². The van der Waals surface area contributed by atoms with Crippen molar-refractivity contribution in [2.75, 3.05) is 11.9 Å². The first-order valence-corrected chi connectivity index (χ1v) is 7.34. The van der Waals surface area contributed by atoms with Crippen molar-refractivity contribution in [1.82, 2.24) is 5.32 Å². The molecule has 0 bridgehead atoms. The highest BCUT2D eigenvalue weighted by Crippen LogP contribution is 2.15. The predicted octanol–water partition coefficient (Wildman–Crippen LogP) is 2.14. The first kappa shape index (κ1) is 18.5. The van der Waals surface area contributed by atoms with Gasteiger partial charge in [0.05, 0.1) is 18.0 Å². The van der Waals surface area contributed by atoms with E-state index in [-0.39, 0.29) is 23.6 Å². The molecular weight excluding hydrogens is 322 g/mol. The van der Waals surface area contributed by atoms with Gasteiger partial charge in [-0.25, -0.2) is 0 Å². The molecule has 8 nitrogen and oxygen atoms in total. The number of nitro benzene ring substituents is 1. The van der Waals surface area contributed by atoms with Gasteiger partial charge in [0.25, 0.3) is 5.69 Å². The second-order valence-corrected chi connectivity index (χ2v) is 4.94. The number of nitrogens with zero attached hydrogens (tertiary/aromatic N) is 1. The van der Waals surface area contributed by atoms with Crippen LogP contribution in [-0.2, 0) is 14.3 Å². The predicted molar refractivity (Wildman–Crippen MR) is 87.9 cm³/mol. The molecule has 1 amide bonds. The van der Waals surface area contributed by atoms with Crippen molar-refractivity contribution < 1.29 is 19.2 Å². The molecule has 0 saturated carbocycles. The van der Waals surface area contributed by atoms with Gasteiger partial charge in [0.1, 0.15) is 0 Å². The summed E-state index contributed by atoms with van der Waals surface area (Å²) in [5, 5.41) is 15.7. The Morgan fingerprint density at radius 1 is 1.26 bits per heavy atom. The summed E-state index contributed by atoms with van der Waals surface area (Å²) < 4.78 is 4.85. The average molecular weight is 339 g/mol. The Morgan fingerprint density at radius 2 is 1.91 bits per heavy atom. The van der Waals surface area contributed by atoms with Gasteiger partial charge in [-0.2, -0.15) is 0 Å². The second kappa shape index (κ2) is 9.46. The minimum Gasteiger partial charge on any atom is -0.466 e. The van der Waals surface area contributed by atoms with Gasteiger partial charge in [0.15, 0.2) is 5.11 Å². The van der Waals surface area contributed by atoms with Crippen molar-refractivity contribution >= 4 is 40.6 Å². The molecule has 0 aromatic heterocycles. The summed E-state index contributed by atoms with van der Waals surface area (Å²) in [6.45, 7) is 2.21. The first-order valence-electron chi connectivity index (χ1n) is 6.93. The number of nitro groups is 1. The zero-order valence-corrected chi connectivity index (χ0v) is 13.4. The number of hydrogen-bond donors (Lipinski definition) is 2. The Balaban J connectivity index is 2.36. The fourth-order valence-corrected chi connectivity index (χ4v) is 1.75. The second-order valence-electron chi connectivity index (χ2n) is 4.53. The first-order chi connectivity index (χ1) is 10.9. The molecule has 0 fully saturated rings. The summed E-state index contributed by atoms with van der Waals surface area (Å²) in [6, 6.07) is 5.57. The number of rotatable bonds is 7. The standard InChI is InChI=1S/C14H17N3O5S/c1-2-9-22-13(19)8-7-12(18)16-14(23)15-10-3-5-11(6-4-10)17(20)21/h3-6H,2,7-9H2,1H3,(H2,15,16,18,23). The summed E-state index contributed by atoms with van der Waals surface area (Å²) >= 11 is 4.95. The van der Waals surface area contributed by atoms with Crippen LogP contribution in [0.15, 0.2) is 24.3 Å². The normalized spacial score (nSPS) is 9.78. The third kappa shape index (κ3) is 7.32. The van der Waals surface area contributed by atoms with E-state index in [1.807, 2.05) is 6.92 Å². The molecule has 0 spiro atoms. The number of nitrogens with one attached hydrogen (secondary N) is 2. The van der Waals surface area contributed by atoms with Gasteiger partial charge in [-0.3, -0.25) is 19.7 Å². The maximum Gasteiger partial charge on any atom is 0.306 e. The molecule has 0 aliphatic heterocycles. The third-order valence-corrected chi connectivity index (χ3v) is 2.82. The Kier molecular flexibility index (Phi) is 7.61. The van der Waals surface area contributed by atoms with E-state index in [0.29, 0.717) is 12.3 Å². The van der Waals surface area contributed by atoms with Gasteiger partial charge >= 0.3 is 5.97 Å². The Hall–Kier alpha value is -2.55. The van der Waals surface area contributed by atoms with E-state index in [1.165, 1.54) is 24.3 Å². The highest BCUT2D eigenvalue weighted by molar-refractivity contribution is 7.80. The SMILES string of the molecule is CCCOC(=O)CCC(=O)NC(=S)Nc1ccc([N+](=O)[O-])cc1. The van der Waals surface area contributed by atoms with Crippen LogP contribution in [0.4, 0.5) is 11.4 Å². The molecule has 9 heteroatoms. The van der Waals surface area contributed by atoms with Gasteiger partial charge < -0.3 is 15.4 Å². The minimum atomic E-state index is -0.512. The van der Waals surface area contributed by atoms with Crippen LogP contribution in [0.3, 0.4) is 0 Å². The summed E-state index contributed by atoms with van der Waals surface area (Å²) in [5.41, 5.74) is 0.458. The Labute approximate surface area is 138 Å². The van der Waals surface area contributed by atoms with Crippen LogP contribution in [0, 0.1) is 10.1 Å². The van der Waals surface area contributed by atoms with Gasteiger partial charge in [-0.1, -0.05) is 6.92 Å². The van der Waals surface area contributed by atoms with E-state index >= 15 is 0 Å². The molecule has 0 unspecified atom stereocenters. The number of amides is 1. The summed E-state index contributed by atoms with van der Waals surface area (Å²) in [4.78, 5) is 32.9. The van der Waals surface area contributed by atoms with E-state index in [0.717, 1.165) is 6.42 Å². The fraction of sp³-hybridized carbons (Fsp3) is 0.357. The van der Waals surface area contributed by atoms with Crippen LogP contribution in [-0.4, -0.2) is 28.5 Å². The maximum atomic E-state index is 11.6. The van der Waals surface area contributed by atoms with E-state index in [4.69, 9.17) is 17.0 Å². The van der Waals surface area contributed by atoms with E-state index in [1.54, 1.807) is 0 Å². The van der Waals surface area contributed by atoms with Gasteiger partial charge in [0, 0.05) is 24.2 Å². The lowest BCUT2D eigenvalue weighted by atomic mass is 10.3. The molecule has 0 radical (unpaired) electrons. The monoisotopic (exact) mass is 339 g/mol. The molecule has 0 aliphatic rings. The Bertz CT molecular complexity index is 589. The maximum absolute atomic E-state index is 11.6. The number of hydrogen-bond acceptors (Lipinski definition) is 6. The lowest BCUT2D eigenvalue weighted by molar-refractivity contribution is -0.384. The number of esters is 1. The topological polar surface area (TPSA) is 111 Å². The highest BCUT2D eigenvalue weighted by Gasteiger charge is 2.10. The summed E-state index contributed by atoms with van der Waals surface area (Å²) in [6.07, 6.45) is 0.664. The molecular formula is C14H17N3O5S. The smallest absolute Gasteiger partial charge is 0.306 e. The van der Waals surface area contributed by atoms with Crippen molar-refractivity contribution in [3.63, 3.8) is 0 Å². The zero-order valence-electron chi connectivity index (χ0n) is 12.5. The number of anilines is 1. The molecule has 1 aromatic carbocycles. The van der Waals surface area contributed by atoms with Crippen LogP contribution in [0.1, 0.15) is 26.2 Å². The number of non-ortho nitro benzene ring substituents is 1. The Morgan fingerprint density at radius 3 is 2.48 bits per heavy atom. The largest absolute Gasteiger partial charge is 0.466 e. The molecule has 23 heavy (non-hydrogen) atoms. The molecule has 0 heterocycles. The van der Waals surface area contributed by atoms with Crippen LogP contribution >= 0.6 is 12.2 Å². The zero-order chi connectivity index (χ0) is 17.2. The number of benzene rings is 1. The van der Waals surface area contributed by atoms with E-state index < -0.39 is 16.8 Å².